The van der Waals surface area contributed by atoms with E-state index in [0.717, 1.165) is 5.56 Å². The number of furan rings is 1. The van der Waals surface area contributed by atoms with E-state index in [1.165, 1.54) is 6.26 Å². The molecule has 1 aromatic heterocycles. The molecule has 0 aliphatic heterocycles. The number of sulfone groups is 1. The van der Waals surface area contributed by atoms with Gasteiger partial charge in [0.05, 0.1) is 11.2 Å². The number of hydrogen-bond donors (Lipinski definition) is 1. The Labute approximate surface area is 130 Å². The van der Waals surface area contributed by atoms with E-state index in [9.17, 15) is 13.2 Å². The van der Waals surface area contributed by atoms with Crippen LogP contribution in [0.2, 0.25) is 0 Å². The molecule has 0 fully saturated rings. The molecule has 6 heteroatoms. The van der Waals surface area contributed by atoms with Crippen molar-refractivity contribution >= 4 is 15.7 Å². The number of carbonyl (C=O) groups excluding carboxylic acids is 1. The van der Waals surface area contributed by atoms with Gasteiger partial charge in [-0.25, -0.2) is 8.42 Å². The summed E-state index contributed by atoms with van der Waals surface area (Å²) in [7, 11) is -3.65. The smallest absolute Gasteiger partial charge is 0.219 e. The largest absolute Gasteiger partial charge is 0.468 e. The Morgan fingerprint density at radius 2 is 1.91 bits per heavy atom. The number of nitrogens with one attached hydrogen (secondary N) is 1. The molecule has 0 spiro atoms. The second kappa shape index (κ2) is 6.79. The van der Waals surface area contributed by atoms with Gasteiger partial charge in [0.15, 0.2) is 9.84 Å². The van der Waals surface area contributed by atoms with E-state index in [0.29, 0.717) is 12.2 Å². The molecule has 1 unspecified atom stereocenters. The molecule has 1 amide bonds. The molecule has 2 rings (SSSR count). The molecule has 1 heterocycles. The monoisotopic (exact) mass is 321 g/mol. The maximum Gasteiger partial charge on any atom is 0.219 e. The third-order valence-electron chi connectivity index (χ3n) is 3.39. The van der Waals surface area contributed by atoms with Crippen molar-refractivity contribution in [2.24, 2.45) is 0 Å². The lowest BCUT2D eigenvalue weighted by molar-refractivity contribution is -0.120. The molecule has 0 saturated carbocycles. The van der Waals surface area contributed by atoms with Crippen LogP contribution >= 0.6 is 0 Å². The van der Waals surface area contributed by atoms with E-state index >= 15 is 0 Å². The average molecular weight is 321 g/mol. The van der Waals surface area contributed by atoms with Crippen LogP contribution in [-0.4, -0.2) is 20.9 Å². The van der Waals surface area contributed by atoms with Gasteiger partial charge < -0.3 is 9.73 Å². The van der Waals surface area contributed by atoms with Gasteiger partial charge in [-0.2, -0.15) is 0 Å². The predicted molar refractivity (Wildman–Crippen MR) is 83.1 cm³/mol. The first-order valence-electron chi connectivity index (χ1n) is 7.05. The van der Waals surface area contributed by atoms with Gasteiger partial charge in [0.2, 0.25) is 5.91 Å². The van der Waals surface area contributed by atoms with Gasteiger partial charge in [-0.05, 0) is 31.2 Å². The summed E-state index contributed by atoms with van der Waals surface area (Å²) < 4.78 is 30.9. The zero-order valence-electron chi connectivity index (χ0n) is 12.6. The summed E-state index contributed by atoms with van der Waals surface area (Å²) in [6, 6.07) is 9.88. The minimum Gasteiger partial charge on any atom is -0.468 e. The number of carbonyl (C=O) groups is 1. The van der Waals surface area contributed by atoms with Crippen LogP contribution in [-0.2, 0) is 14.6 Å². The quantitative estimate of drug-likeness (QED) is 0.887. The standard InChI is InChI=1S/C16H19NO4S/c1-3-16(18)17-11-15(14-5-4-10-21-14)22(19,20)13-8-6-12(2)7-9-13/h4-10,15H,3,11H2,1-2H3,(H,17,18). The first-order chi connectivity index (χ1) is 10.4. The van der Waals surface area contributed by atoms with Crippen molar-refractivity contribution in [3.05, 3.63) is 54.0 Å². The fourth-order valence-corrected chi connectivity index (χ4v) is 3.65. The molecular formula is C16H19NO4S. The van der Waals surface area contributed by atoms with Gasteiger partial charge in [0.1, 0.15) is 11.0 Å². The van der Waals surface area contributed by atoms with Crippen molar-refractivity contribution in [1.82, 2.24) is 5.32 Å². The highest BCUT2D eigenvalue weighted by molar-refractivity contribution is 7.91. The van der Waals surface area contributed by atoms with Gasteiger partial charge in [-0.3, -0.25) is 4.79 Å². The van der Waals surface area contributed by atoms with Crippen molar-refractivity contribution in [2.45, 2.75) is 30.4 Å². The van der Waals surface area contributed by atoms with Gasteiger partial charge >= 0.3 is 0 Å². The van der Waals surface area contributed by atoms with Crippen LogP contribution < -0.4 is 5.32 Å². The molecule has 0 bridgehead atoms. The highest BCUT2D eigenvalue weighted by Gasteiger charge is 2.31. The van der Waals surface area contributed by atoms with Gasteiger partial charge in [-0.1, -0.05) is 24.6 Å². The number of benzene rings is 1. The van der Waals surface area contributed by atoms with Crippen LogP contribution in [0, 0.1) is 6.92 Å². The SMILES string of the molecule is CCC(=O)NCC(c1ccco1)S(=O)(=O)c1ccc(C)cc1. The maximum atomic E-state index is 12.8. The predicted octanol–water partition coefficient (Wildman–Crippen LogP) is 2.63. The van der Waals surface area contributed by atoms with Gasteiger partial charge in [0.25, 0.3) is 0 Å². The molecular weight excluding hydrogens is 302 g/mol. The van der Waals surface area contributed by atoms with E-state index in [2.05, 4.69) is 5.32 Å². The van der Waals surface area contributed by atoms with E-state index < -0.39 is 15.1 Å². The maximum absolute atomic E-state index is 12.8. The van der Waals surface area contributed by atoms with Crippen LogP contribution in [0.5, 0.6) is 0 Å². The summed E-state index contributed by atoms with van der Waals surface area (Å²) in [6.45, 7) is 3.59. The fraction of sp³-hybridized carbons (Fsp3) is 0.312. The summed E-state index contributed by atoms with van der Waals surface area (Å²) in [5, 5.41) is 1.69. The molecule has 5 nitrogen and oxygen atoms in total. The molecule has 22 heavy (non-hydrogen) atoms. The lowest BCUT2D eigenvalue weighted by Crippen LogP contribution is -2.31. The Balaban J connectivity index is 2.35. The van der Waals surface area contributed by atoms with E-state index in [1.807, 2.05) is 6.92 Å². The third-order valence-corrected chi connectivity index (χ3v) is 5.47. The first kappa shape index (κ1) is 16.3. The van der Waals surface area contributed by atoms with E-state index in [1.54, 1.807) is 43.3 Å². The Kier molecular flexibility index (Phi) is 5.03. The molecule has 1 atom stereocenters. The highest BCUT2D eigenvalue weighted by atomic mass is 32.2. The minimum atomic E-state index is -3.65. The lowest BCUT2D eigenvalue weighted by Gasteiger charge is -2.16. The summed E-state index contributed by atoms with van der Waals surface area (Å²) >= 11 is 0. The van der Waals surface area contributed by atoms with E-state index in [4.69, 9.17) is 4.42 Å². The molecule has 118 valence electrons. The Bertz CT molecular complexity index is 718. The Morgan fingerprint density at radius 1 is 1.23 bits per heavy atom. The zero-order valence-corrected chi connectivity index (χ0v) is 13.4. The summed E-state index contributed by atoms with van der Waals surface area (Å²) in [4.78, 5) is 11.7. The molecule has 0 aliphatic carbocycles. The number of hydrogen-bond acceptors (Lipinski definition) is 4. The third kappa shape index (κ3) is 3.57. The highest BCUT2D eigenvalue weighted by Crippen LogP contribution is 2.29. The number of aryl methyl sites for hydroxylation is 1. The Hall–Kier alpha value is -2.08. The van der Waals surface area contributed by atoms with Crippen molar-refractivity contribution in [2.75, 3.05) is 6.54 Å². The molecule has 0 saturated heterocycles. The summed E-state index contributed by atoms with van der Waals surface area (Å²) in [5.41, 5.74) is 0.979. The molecule has 1 aromatic carbocycles. The molecule has 0 aliphatic rings. The molecule has 0 radical (unpaired) electrons. The number of rotatable bonds is 6. The van der Waals surface area contributed by atoms with Crippen molar-refractivity contribution in [3.8, 4) is 0 Å². The van der Waals surface area contributed by atoms with Crippen molar-refractivity contribution in [1.29, 1.82) is 0 Å². The molecule has 1 N–H and O–H groups in total. The Morgan fingerprint density at radius 3 is 2.45 bits per heavy atom. The van der Waals surface area contributed by atoms with Crippen molar-refractivity contribution in [3.63, 3.8) is 0 Å². The fourth-order valence-electron chi connectivity index (χ4n) is 2.06. The lowest BCUT2D eigenvalue weighted by atomic mass is 10.2. The topological polar surface area (TPSA) is 76.4 Å². The zero-order chi connectivity index (χ0) is 16.2. The van der Waals surface area contributed by atoms with Crippen LogP contribution in [0.1, 0.15) is 29.9 Å². The average Bonchev–Trinajstić information content (AvgIpc) is 3.01. The summed E-state index contributed by atoms with van der Waals surface area (Å²) in [6.07, 6.45) is 1.73. The first-order valence-corrected chi connectivity index (χ1v) is 8.60. The van der Waals surface area contributed by atoms with Crippen LogP contribution in [0.15, 0.2) is 52.0 Å². The van der Waals surface area contributed by atoms with Crippen LogP contribution in [0.3, 0.4) is 0 Å². The van der Waals surface area contributed by atoms with Gasteiger partial charge in [-0.15, -0.1) is 0 Å². The molecule has 2 aromatic rings. The second-order valence-corrected chi connectivity index (χ2v) is 7.15. The number of amides is 1. The van der Waals surface area contributed by atoms with Crippen molar-refractivity contribution < 1.29 is 17.6 Å². The minimum absolute atomic E-state index is 0.0175. The van der Waals surface area contributed by atoms with Crippen LogP contribution in [0.25, 0.3) is 0 Å². The second-order valence-electron chi connectivity index (χ2n) is 5.02. The van der Waals surface area contributed by atoms with Crippen LogP contribution in [0.4, 0.5) is 0 Å². The van der Waals surface area contributed by atoms with Gasteiger partial charge in [0, 0.05) is 13.0 Å². The normalized spacial score (nSPS) is 12.8. The van der Waals surface area contributed by atoms with E-state index in [-0.39, 0.29) is 17.3 Å². The summed E-state index contributed by atoms with van der Waals surface area (Å²) in [5.74, 6) is 0.118.